The number of carboxylic acids is 1. The van der Waals surface area contributed by atoms with Crippen LogP contribution in [0.4, 0.5) is 5.82 Å². The van der Waals surface area contributed by atoms with E-state index in [0.717, 1.165) is 19.5 Å². The van der Waals surface area contributed by atoms with E-state index in [0.29, 0.717) is 11.7 Å². The molecule has 0 fully saturated rings. The minimum Gasteiger partial charge on any atom is -0.476 e. The predicted molar refractivity (Wildman–Crippen MR) is 73.5 cm³/mol. The average Bonchev–Trinajstić information content (AvgIpc) is 2.36. The highest BCUT2D eigenvalue weighted by atomic mass is 35.5. The van der Waals surface area contributed by atoms with Crippen LogP contribution in [-0.4, -0.2) is 29.1 Å². The second kappa shape index (κ2) is 6.59. The fourth-order valence-corrected chi connectivity index (χ4v) is 1.83. The van der Waals surface area contributed by atoms with E-state index in [1.54, 1.807) is 12.1 Å². The first kappa shape index (κ1) is 14.8. The molecule has 1 atom stereocenters. The maximum atomic E-state index is 11.0. The van der Waals surface area contributed by atoms with Gasteiger partial charge in [0.1, 0.15) is 5.82 Å². The van der Waals surface area contributed by atoms with E-state index in [-0.39, 0.29) is 10.7 Å². The van der Waals surface area contributed by atoms with Crippen molar-refractivity contribution >= 4 is 23.4 Å². The van der Waals surface area contributed by atoms with Gasteiger partial charge in [0.15, 0.2) is 5.69 Å². The normalized spacial score (nSPS) is 12.2. The van der Waals surface area contributed by atoms with Crippen LogP contribution in [0.15, 0.2) is 12.1 Å². The summed E-state index contributed by atoms with van der Waals surface area (Å²) < 4.78 is 0. The summed E-state index contributed by atoms with van der Waals surface area (Å²) in [5.74, 6) is 0.108. The summed E-state index contributed by atoms with van der Waals surface area (Å²) in [6, 6.07) is 3.35. The van der Waals surface area contributed by atoms with Crippen LogP contribution in [-0.2, 0) is 0 Å². The van der Waals surface area contributed by atoms with E-state index in [4.69, 9.17) is 16.7 Å². The highest BCUT2D eigenvalue weighted by Crippen LogP contribution is 2.20. The third-order valence-corrected chi connectivity index (χ3v) is 3.27. The van der Waals surface area contributed by atoms with Crippen molar-refractivity contribution in [3.63, 3.8) is 0 Å². The molecular weight excluding hydrogens is 252 g/mol. The zero-order valence-corrected chi connectivity index (χ0v) is 11.7. The van der Waals surface area contributed by atoms with E-state index in [9.17, 15) is 4.79 Å². The van der Waals surface area contributed by atoms with Gasteiger partial charge >= 0.3 is 5.97 Å². The summed E-state index contributed by atoms with van der Waals surface area (Å²) in [6.07, 6.45) is 1.08. The van der Waals surface area contributed by atoms with Crippen LogP contribution >= 0.6 is 11.6 Å². The monoisotopic (exact) mass is 270 g/mol. The average molecular weight is 271 g/mol. The van der Waals surface area contributed by atoms with Gasteiger partial charge in [0.05, 0.1) is 5.02 Å². The topological polar surface area (TPSA) is 53.4 Å². The SMILES string of the molecule is CCC(C)CN(CC)c1ccc(Cl)c(C(=O)O)n1. The lowest BCUT2D eigenvalue weighted by atomic mass is 10.1. The number of aromatic carboxylic acids is 1. The van der Waals surface area contributed by atoms with Gasteiger partial charge in [-0.05, 0) is 25.0 Å². The lowest BCUT2D eigenvalue weighted by Gasteiger charge is -2.25. The first-order valence-electron chi connectivity index (χ1n) is 6.14. The summed E-state index contributed by atoms with van der Waals surface area (Å²) >= 11 is 5.81. The Morgan fingerprint density at radius 3 is 2.67 bits per heavy atom. The number of aromatic nitrogens is 1. The number of carbonyl (C=O) groups is 1. The Balaban J connectivity index is 2.99. The van der Waals surface area contributed by atoms with Crippen LogP contribution in [0.1, 0.15) is 37.7 Å². The van der Waals surface area contributed by atoms with Gasteiger partial charge in [-0.3, -0.25) is 0 Å². The molecule has 0 amide bonds. The molecule has 18 heavy (non-hydrogen) atoms. The summed E-state index contributed by atoms with van der Waals surface area (Å²) in [6.45, 7) is 7.98. The van der Waals surface area contributed by atoms with Gasteiger partial charge in [-0.25, -0.2) is 9.78 Å². The number of nitrogens with zero attached hydrogens (tertiary/aromatic N) is 2. The maximum Gasteiger partial charge on any atom is 0.356 e. The van der Waals surface area contributed by atoms with Crippen molar-refractivity contribution in [1.82, 2.24) is 4.98 Å². The molecule has 1 rings (SSSR count). The molecule has 0 saturated heterocycles. The van der Waals surface area contributed by atoms with Crippen molar-refractivity contribution in [2.45, 2.75) is 27.2 Å². The van der Waals surface area contributed by atoms with Crippen LogP contribution in [0.25, 0.3) is 0 Å². The minimum absolute atomic E-state index is 0.0863. The smallest absolute Gasteiger partial charge is 0.356 e. The Morgan fingerprint density at radius 1 is 1.50 bits per heavy atom. The van der Waals surface area contributed by atoms with Gasteiger partial charge in [0.25, 0.3) is 0 Å². The van der Waals surface area contributed by atoms with E-state index < -0.39 is 5.97 Å². The van der Waals surface area contributed by atoms with E-state index >= 15 is 0 Å². The van der Waals surface area contributed by atoms with E-state index in [2.05, 4.69) is 23.7 Å². The zero-order chi connectivity index (χ0) is 13.7. The second-order valence-corrected chi connectivity index (χ2v) is 4.76. The Kier molecular flexibility index (Phi) is 5.41. The minimum atomic E-state index is -1.10. The molecule has 1 unspecified atom stereocenters. The first-order chi connectivity index (χ1) is 8.49. The Hall–Kier alpha value is -1.29. The third kappa shape index (κ3) is 3.60. The number of pyridine rings is 1. The fraction of sp³-hybridized carbons (Fsp3) is 0.538. The maximum absolute atomic E-state index is 11.0. The van der Waals surface area contributed by atoms with Crippen molar-refractivity contribution < 1.29 is 9.90 Å². The molecule has 0 saturated carbocycles. The molecule has 0 bridgehead atoms. The number of hydrogen-bond donors (Lipinski definition) is 1. The van der Waals surface area contributed by atoms with Crippen LogP contribution in [0.3, 0.4) is 0 Å². The predicted octanol–water partition coefficient (Wildman–Crippen LogP) is 3.31. The van der Waals surface area contributed by atoms with Crippen LogP contribution in [0.2, 0.25) is 5.02 Å². The summed E-state index contributed by atoms with van der Waals surface area (Å²) in [5, 5.41) is 9.18. The van der Waals surface area contributed by atoms with E-state index in [1.807, 2.05) is 6.92 Å². The van der Waals surface area contributed by atoms with Crippen molar-refractivity contribution in [3.05, 3.63) is 22.8 Å². The number of anilines is 1. The molecular formula is C13H19ClN2O2. The van der Waals surface area contributed by atoms with Crippen molar-refractivity contribution in [2.75, 3.05) is 18.0 Å². The molecule has 1 heterocycles. The quantitative estimate of drug-likeness (QED) is 0.862. The molecule has 0 radical (unpaired) electrons. The fourth-order valence-electron chi connectivity index (χ4n) is 1.65. The standard InChI is InChI=1S/C13H19ClN2O2/c1-4-9(3)8-16(5-2)11-7-6-10(14)12(15-11)13(17)18/h6-7,9H,4-5,8H2,1-3H3,(H,17,18). The number of halogens is 1. The molecule has 0 aromatic carbocycles. The van der Waals surface area contributed by atoms with Gasteiger partial charge in [-0.15, -0.1) is 0 Å². The molecule has 0 aliphatic carbocycles. The molecule has 0 spiro atoms. The first-order valence-corrected chi connectivity index (χ1v) is 6.52. The molecule has 4 nitrogen and oxygen atoms in total. The molecule has 1 aromatic heterocycles. The summed E-state index contributed by atoms with van der Waals surface area (Å²) in [7, 11) is 0. The Morgan fingerprint density at radius 2 is 2.17 bits per heavy atom. The third-order valence-electron chi connectivity index (χ3n) is 2.97. The van der Waals surface area contributed by atoms with Crippen LogP contribution in [0.5, 0.6) is 0 Å². The molecule has 1 N–H and O–H groups in total. The molecule has 100 valence electrons. The lowest BCUT2D eigenvalue weighted by molar-refractivity contribution is 0.0691. The van der Waals surface area contributed by atoms with Gasteiger partial charge in [0, 0.05) is 13.1 Å². The number of hydrogen-bond acceptors (Lipinski definition) is 3. The summed E-state index contributed by atoms with van der Waals surface area (Å²) in [5.41, 5.74) is -0.0863. The van der Waals surface area contributed by atoms with Crippen molar-refractivity contribution in [1.29, 1.82) is 0 Å². The lowest BCUT2D eigenvalue weighted by Crippen LogP contribution is -2.29. The van der Waals surface area contributed by atoms with Crippen LogP contribution < -0.4 is 4.90 Å². The zero-order valence-electron chi connectivity index (χ0n) is 11.0. The van der Waals surface area contributed by atoms with Crippen molar-refractivity contribution in [2.24, 2.45) is 5.92 Å². The Labute approximate surface area is 113 Å². The molecule has 0 aliphatic rings. The van der Waals surface area contributed by atoms with Crippen molar-refractivity contribution in [3.8, 4) is 0 Å². The Bertz CT molecular complexity index is 423. The largest absolute Gasteiger partial charge is 0.476 e. The van der Waals surface area contributed by atoms with Gasteiger partial charge in [-0.2, -0.15) is 0 Å². The van der Waals surface area contributed by atoms with Gasteiger partial charge in [0.2, 0.25) is 0 Å². The highest BCUT2D eigenvalue weighted by molar-refractivity contribution is 6.33. The second-order valence-electron chi connectivity index (χ2n) is 4.36. The molecule has 1 aromatic rings. The number of rotatable bonds is 6. The van der Waals surface area contributed by atoms with Gasteiger partial charge in [-0.1, -0.05) is 31.9 Å². The number of carboxylic acid groups (broad SMARTS) is 1. The van der Waals surface area contributed by atoms with E-state index in [1.165, 1.54) is 0 Å². The molecule has 0 aliphatic heterocycles. The highest BCUT2D eigenvalue weighted by Gasteiger charge is 2.15. The summed E-state index contributed by atoms with van der Waals surface area (Å²) in [4.78, 5) is 17.2. The van der Waals surface area contributed by atoms with Crippen LogP contribution in [0, 0.1) is 5.92 Å². The molecule has 5 heteroatoms. The van der Waals surface area contributed by atoms with Gasteiger partial charge < -0.3 is 10.0 Å².